The van der Waals surface area contributed by atoms with E-state index in [-0.39, 0.29) is 11.0 Å². The van der Waals surface area contributed by atoms with E-state index in [9.17, 15) is 9.90 Å². The largest absolute Gasteiger partial charge is 0.390 e. The Balaban J connectivity index is 1.84. The first-order valence-electron chi connectivity index (χ1n) is 4.85. The van der Waals surface area contributed by atoms with E-state index in [1.165, 1.54) is 6.29 Å². The summed E-state index contributed by atoms with van der Waals surface area (Å²) in [4.78, 5) is 10.9. The van der Waals surface area contributed by atoms with Crippen LogP contribution in [0.2, 0.25) is 0 Å². The van der Waals surface area contributed by atoms with Crippen LogP contribution in [0.3, 0.4) is 0 Å². The van der Waals surface area contributed by atoms with Gasteiger partial charge in [0.1, 0.15) is 6.29 Å². The number of aldehydes is 1. The average molecular weight is 164 g/mol. The fourth-order valence-corrected chi connectivity index (χ4v) is 4.97. The Morgan fingerprint density at radius 1 is 1.33 bits per heavy atom. The summed E-state index contributed by atoms with van der Waals surface area (Å²) in [5.41, 5.74) is 0.0450. The van der Waals surface area contributed by atoms with Crippen LogP contribution in [0.15, 0.2) is 0 Å². The second kappa shape index (κ2) is 1.20. The lowest BCUT2D eigenvalue weighted by Crippen LogP contribution is -2.65. The zero-order chi connectivity index (χ0) is 8.19. The van der Waals surface area contributed by atoms with Crippen LogP contribution in [0.25, 0.3) is 0 Å². The van der Waals surface area contributed by atoms with Gasteiger partial charge in [-0.15, -0.1) is 0 Å². The third-order valence-corrected chi connectivity index (χ3v) is 5.23. The highest BCUT2D eigenvalue weighted by Gasteiger charge is 2.90. The Morgan fingerprint density at radius 2 is 2.17 bits per heavy atom. The molecule has 5 atom stereocenters. The lowest BCUT2D eigenvalue weighted by Gasteiger charge is -2.63. The lowest BCUT2D eigenvalue weighted by atomic mass is 9.45. The van der Waals surface area contributed by atoms with E-state index < -0.39 is 0 Å². The zero-order valence-corrected chi connectivity index (χ0v) is 6.92. The topological polar surface area (TPSA) is 37.3 Å². The van der Waals surface area contributed by atoms with E-state index in [0.717, 1.165) is 25.7 Å². The van der Waals surface area contributed by atoms with Gasteiger partial charge in [-0.25, -0.2) is 0 Å². The van der Waals surface area contributed by atoms with Crippen molar-refractivity contribution < 1.29 is 9.90 Å². The van der Waals surface area contributed by atoms with Crippen LogP contribution in [0.1, 0.15) is 25.7 Å². The molecule has 12 heavy (non-hydrogen) atoms. The van der Waals surface area contributed by atoms with Crippen LogP contribution >= 0.6 is 0 Å². The van der Waals surface area contributed by atoms with Crippen LogP contribution < -0.4 is 0 Å². The van der Waals surface area contributed by atoms with Gasteiger partial charge in [0.15, 0.2) is 0 Å². The highest BCUT2D eigenvalue weighted by molar-refractivity contribution is 5.71. The van der Waals surface area contributed by atoms with E-state index >= 15 is 0 Å². The Hall–Kier alpha value is -0.370. The van der Waals surface area contributed by atoms with Crippen molar-refractivity contribution in [3.8, 4) is 0 Å². The molecule has 4 aliphatic carbocycles. The standard InChI is InChI=1S/C10H12O2/c11-5-8-1-6-2-10(12)4-9(8,3-8)7(6)10/h5-7,12H,1-4H2. The maximum atomic E-state index is 10.9. The molecule has 2 nitrogen and oxygen atoms in total. The van der Waals surface area contributed by atoms with Crippen LogP contribution in [-0.4, -0.2) is 17.0 Å². The predicted molar refractivity (Wildman–Crippen MR) is 41.3 cm³/mol. The highest BCUT2D eigenvalue weighted by atomic mass is 16.3. The van der Waals surface area contributed by atoms with Crippen molar-refractivity contribution in [3.63, 3.8) is 0 Å². The van der Waals surface area contributed by atoms with Gasteiger partial charge in [-0.3, -0.25) is 0 Å². The van der Waals surface area contributed by atoms with E-state index in [1.54, 1.807) is 0 Å². The molecule has 0 radical (unpaired) electrons. The highest BCUT2D eigenvalue weighted by Crippen LogP contribution is 2.91. The Labute approximate surface area is 71.0 Å². The summed E-state index contributed by atoms with van der Waals surface area (Å²) >= 11 is 0. The van der Waals surface area contributed by atoms with Gasteiger partial charge >= 0.3 is 0 Å². The normalized spacial score (nSPS) is 75.1. The maximum Gasteiger partial charge on any atom is 0.126 e. The van der Waals surface area contributed by atoms with Crippen molar-refractivity contribution in [3.05, 3.63) is 0 Å². The lowest BCUT2D eigenvalue weighted by molar-refractivity contribution is -0.240. The average Bonchev–Trinajstić information content (AvgIpc) is 2.54. The third-order valence-electron chi connectivity index (χ3n) is 5.23. The summed E-state index contributed by atoms with van der Waals surface area (Å²) in [6, 6.07) is 0. The summed E-state index contributed by atoms with van der Waals surface area (Å²) in [5.74, 6) is 1.22. The van der Waals surface area contributed by atoms with Crippen molar-refractivity contribution in [2.24, 2.45) is 22.7 Å². The minimum atomic E-state index is -0.314. The molecule has 0 aromatic carbocycles. The molecular formula is C10H12O2. The molecule has 0 amide bonds. The molecule has 0 saturated heterocycles. The van der Waals surface area contributed by atoms with Crippen LogP contribution in [0.4, 0.5) is 0 Å². The van der Waals surface area contributed by atoms with E-state index in [2.05, 4.69) is 0 Å². The first-order valence-corrected chi connectivity index (χ1v) is 4.85. The number of hydrogen-bond acceptors (Lipinski definition) is 2. The summed E-state index contributed by atoms with van der Waals surface area (Å²) < 4.78 is 0. The fraction of sp³-hybridized carbons (Fsp3) is 0.900. The molecule has 2 heteroatoms. The van der Waals surface area contributed by atoms with Crippen molar-refractivity contribution in [2.75, 3.05) is 0 Å². The quantitative estimate of drug-likeness (QED) is 0.580. The van der Waals surface area contributed by atoms with Gasteiger partial charge in [0.05, 0.1) is 5.60 Å². The van der Waals surface area contributed by atoms with Gasteiger partial charge in [0, 0.05) is 5.41 Å². The van der Waals surface area contributed by atoms with Gasteiger partial charge in [-0.1, -0.05) is 0 Å². The molecule has 0 bridgehead atoms. The van der Waals surface area contributed by atoms with Crippen LogP contribution in [-0.2, 0) is 4.79 Å². The predicted octanol–water partition coefficient (Wildman–Crippen LogP) is 0.736. The monoisotopic (exact) mass is 164 g/mol. The van der Waals surface area contributed by atoms with Crippen molar-refractivity contribution in [2.45, 2.75) is 31.3 Å². The SMILES string of the molecule is O=CC12CC3CC4(O)CC1(C2)C34. The number of hydrogen-bond donors (Lipinski definition) is 1. The molecule has 0 aromatic rings. The molecule has 4 rings (SSSR count). The number of rotatable bonds is 1. The third kappa shape index (κ3) is 0.316. The minimum absolute atomic E-state index is 0.0467. The van der Waals surface area contributed by atoms with Crippen LogP contribution in [0.5, 0.6) is 0 Å². The molecule has 64 valence electrons. The Bertz CT molecular complexity index is 313. The summed E-state index contributed by atoms with van der Waals surface area (Å²) in [7, 11) is 0. The first kappa shape index (κ1) is 6.14. The maximum absolute atomic E-state index is 10.9. The number of aliphatic hydroxyl groups is 1. The van der Waals surface area contributed by atoms with Crippen LogP contribution in [0, 0.1) is 22.7 Å². The van der Waals surface area contributed by atoms with Gasteiger partial charge in [-0.05, 0) is 42.9 Å². The summed E-state index contributed by atoms with van der Waals surface area (Å²) in [6.07, 6.45) is 5.27. The Kier molecular flexibility index (Phi) is 0.615. The molecule has 0 aliphatic heterocycles. The van der Waals surface area contributed by atoms with Crippen molar-refractivity contribution >= 4 is 6.29 Å². The second-order valence-electron chi connectivity index (χ2n) is 5.53. The van der Waals surface area contributed by atoms with Gasteiger partial charge < -0.3 is 9.90 Å². The first-order chi connectivity index (χ1) is 5.66. The van der Waals surface area contributed by atoms with Crippen molar-refractivity contribution in [1.29, 1.82) is 0 Å². The molecule has 4 saturated carbocycles. The van der Waals surface area contributed by atoms with E-state index in [4.69, 9.17) is 0 Å². The molecule has 5 unspecified atom stereocenters. The van der Waals surface area contributed by atoms with Gasteiger partial charge in [0.25, 0.3) is 0 Å². The van der Waals surface area contributed by atoms with E-state index in [1.807, 2.05) is 0 Å². The minimum Gasteiger partial charge on any atom is -0.390 e. The van der Waals surface area contributed by atoms with E-state index in [0.29, 0.717) is 17.3 Å². The van der Waals surface area contributed by atoms with Gasteiger partial charge in [0.2, 0.25) is 0 Å². The Morgan fingerprint density at radius 3 is 2.75 bits per heavy atom. The summed E-state index contributed by atoms with van der Waals surface area (Å²) in [5, 5.41) is 9.94. The summed E-state index contributed by atoms with van der Waals surface area (Å²) in [6.45, 7) is 0. The molecule has 0 aromatic heterocycles. The molecule has 0 heterocycles. The molecule has 1 spiro atoms. The number of carbonyl (C=O) groups excluding carboxylic acids is 1. The smallest absolute Gasteiger partial charge is 0.126 e. The molecular weight excluding hydrogens is 152 g/mol. The van der Waals surface area contributed by atoms with Crippen molar-refractivity contribution in [1.82, 2.24) is 0 Å². The fourth-order valence-electron chi connectivity index (χ4n) is 4.97. The molecule has 4 aliphatic rings. The second-order valence-corrected chi connectivity index (χ2v) is 5.53. The number of carbonyl (C=O) groups is 1. The molecule has 4 fully saturated rings. The van der Waals surface area contributed by atoms with Gasteiger partial charge in [-0.2, -0.15) is 0 Å². The molecule has 1 N–H and O–H groups in total. The zero-order valence-electron chi connectivity index (χ0n) is 6.92.